The number of carbonyl (C=O) groups excluding carboxylic acids is 1. The molecule has 3 aromatic rings. The molecule has 7 nitrogen and oxygen atoms in total. The molecule has 2 aliphatic rings. The highest BCUT2D eigenvalue weighted by atomic mass is 32.2. The summed E-state index contributed by atoms with van der Waals surface area (Å²) in [6.45, 7) is 5.34. The zero-order valence-corrected chi connectivity index (χ0v) is 21.1. The molecule has 5 rings (SSSR count). The van der Waals surface area contributed by atoms with E-state index in [9.17, 15) is 13.2 Å². The van der Waals surface area contributed by atoms with E-state index in [1.807, 2.05) is 28.9 Å². The van der Waals surface area contributed by atoms with Crippen molar-refractivity contribution in [2.45, 2.75) is 56.9 Å². The second-order valence-electron chi connectivity index (χ2n) is 9.46. The third-order valence-electron chi connectivity index (χ3n) is 7.26. The van der Waals surface area contributed by atoms with Crippen molar-refractivity contribution in [3.63, 3.8) is 0 Å². The first-order chi connectivity index (χ1) is 16.9. The molecule has 2 heterocycles. The van der Waals surface area contributed by atoms with Crippen LogP contribution in [0.25, 0.3) is 5.69 Å². The Bertz CT molecular complexity index is 1340. The van der Waals surface area contributed by atoms with Gasteiger partial charge in [0.15, 0.2) is 15.5 Å². The summed E-state index contributed by atoms with van der Waals surface area (Å²) in [5.41, 5.74) is 6.01. The Morgan fingerprint density at radius 3 is 2.46 bits per heavy atom. The smallest absolute Gasteiger partial charge is 0.272 e. The van der Waals surface area contributed by atoms with Crippen LogP contribution < -0.4 is 10.2 Å². The maximum absolute atomic E-state index is 13.3. The number of piperidine rings is 1. The maximum Gasteiger partial charge on any atom is 0.272 e. The number of para-hydroxylation sites is 1. The van der Waals surface area contributed by atoms with Gasteiger partial charge in [-0.2, -0.15) is 5.10 Å². The molecule has 0 bridgehead atoms. The van der Waals surface area contributed by atoms with Gasteiger partial charge in [-0.05, 0) is 74.9 Å². The molecule has 1 aliphatic heterocycles. The zero-order valence-electron chi connectivity index (χ0n) is 20.3. The summed E-state index contributed by atoms with van der Waals surface area (Å²) < 4.78 is 26.1. The fourth-order valence-corrected chi connectivity index (χ4v) is 6.07. The number of aryl methyl sites for hydroxylation is 1. The van der Waals surface area contributed by atoms with Gasteiger partial charge >= 0.3 is 0 Å². The Kier molecular flexibility index (Phi) is 6.40. The normalized spacial score (nSPS) is 16.3. The average molecular weight is 493 g/mol. The maximum atomic E-state index is 13.3. The van der Waals surface area contributed by atoms with E-state index in [1.165, 1.54) is 0 Å². The molecule has 35 heavy (non-hydrogen) atoms. The van der Waals surface area contributed by atoms with Gasteiger partial charge in [0.05, 0.1) is 16.3 Å². The highest BCUT2D eigenvalue weighted by molar-refractivity contribution is 7.91. The summed E-state index contributed by atoms with van der Waals surface area (Å²) >= 11 is 0. The predicted octanol–water partition coefficient (Wildman–Crippen LogP) is 3.86. The van der Waals surface area contributed by atoms with Gasteiger partial charge in [-0.1, -0.05) is 25.1 Å². The summed E-state index contributed by atoms with van der Waals surface area (Å²) in [4.78, 5) is 15.9. The number of anilines is 1. The highest BCUT2D eigenvalue weighted by Gasteiger charge is 2.29. The lowest BCUT2D eigenvalue weighted by Gasteiger charge is -2.34. The number of nitrogens with one attached hydrogen (secondary N) is 1. The molecule has 184 valence electrons. The van der Waals surface area contributed by atoms with Crippen LogP contribution in [0.4, 0.5) is 5.69 Å². The zero-order chi connectivity index (χ0) is 24.6. The Balaban J connectivity index is 1.25. The molecule has 1 aromatic heterocycles. The topological polar surface area (TPSA) is 84.3 Å². The number of amides is 1. The number of hydrogen-bond acceptors (Lipinski definition) is 5. The van der Waals surface area contributed by atoms with Crippen LogP contribution in [-0.2, 0) is 22.7 Å². The van der Waals surface area contributed by atoms with Crippen molar-refractivity contribution in [2.75, 3.05) is 23.7 Å². The Hall–Kier alpha value is -3.13. The number of rotatable bonds is 6. The van der Waals surface area contributed by atoms with Gasteiger partial charge in [-0.15, -0.1) is 0 Å². The number of aromatic nitrogens is 2. The first-order valence-corrected chi connectivity index (χ1v) is 14.1. The summed E-state index contributed by atoms with van der Waals surface area (Å²) in [6, 6.07) is 15.4. The second kappa shape index (κ2) is 9.49. The van der Waals surface area contributed by atoms with Gasteiger partial charge in [-0.25, -0.2) is 13.1 Å². The lowest BCUT2D eigenvalue weighted by molar-refractivity contribution is 0.0924. The van der Waals surface area contributed by atoms with Crippen molar-refractivity contribution in [1.82, 2.24) is 15.1 Å². The first kappa shape index (κ1) is 23.6. The van der Waals surface area contributed by atoms with Gasteiger partial charge in [0.25, 0.3) is 5.91 Å². The van der Waals surface area contributed by atoms with E-state index in [0.29, 0.717) is 10.6 Å². The number of benzene rings is 2. The monoisotopic (exact) mass is 492 g/mol. The number of hydrogen-bond donors (Lipinski definition) is 1. The lowest BCUT2D eigenvalue weighted by Crippen LogP contribution is -2.45. The van der Waals surface area contributed by atoms with Crippen molar-refractivity contribution >= 4 is 21.4 Å². The standard InChI is InChI=1S/C27H32N4O3S/c1-3-35(33,34)22-13-11-21(12-14-22)30-17-15-20(16-18-30)28-27(32)26-23-8-6-10-25(23)31(29-26)24-9-5-4-7-19(24)2/h4-5,7,9,11-14,20H,3,6,8,10,15-18H2,1-2H3,(H,28,32). The molecular formula is C27H32N4O3S. The summed E-state index contributed by atoms with van der Waals surface area (Å²) in [6.07, 6.45) is 4.56. The predicted molar refractivity (Wildman–Crippen MR) is 137 cm³/mol. The van der Waals surface area contributed by atoms with Crippen molar-refractivity contribution < 1.29 is 13.2 Å². The third kappa shape index (κ3) is 4.59. The van der Waals surface area contributed by atoms with Gasteiger partial charge in [-0.3, -0.25) is 4.79 Å². The quantitative estimate of drug-likeness (QED) is 0.565. The molecule has 2 aromatic carbocycles. The van der Waals surface area contributed by atoms with Gasteiger partial charge in [0.2, 0.25) is 0 Å². The van der Waals surface area contributed by atoms with Crippen LogP contribution in [0.5, 0.6) is 0 Å². The van der Waals surface area contributed by atoms with E-state index in [1.54, 1.807) is 19.1 Å². The highest BCUT2D eigenvalue weighted by Crippen LogP contribution is 2.29. The summed E-state index contributed by atoms with van der Waals surface area (Å²) in [5.74, 6) is 0.0205. The minimum Gasteiger partial charge on any atom is -0.371 e. The number of fused-ring (bicyclic) bond motifs is 1. The fourth-order valence-electron chi connectivity index (χ4n) is 5.19. The van der Waals surface area contributed by atoms with E-state index in [-0.39, 0.29) is 17.7 Å². The van der Waals surface area contributed by atoms with Gasteiger partial charge in [0.1, 0.15) is 0 Å². The SMILES string of the molecule is CCS(=O)(=O)c1ccc(N2CCC(NC(=O)c3nn(-c4ccccc4C)c4c3CCC4)CC2)cc1. The molecule has 0 radical (unpaired) electrons. The van der Waals surface area contributed by atoms with E-state index in [4.69, 9.17) is 5.10 Å². The van der Waals surface area contributed by atoms with E-state index >= 15 is 0 Å². The van der Waals surface area contributed by atoms with E-state index in [0.717, 1.165) is 73.4 Å². The number of carbonyl (C=O) groups is 1. The minimum absolute atomic E-state index is 0.0805. The largest absolute Gasteiger partial charge is 0.371 e. The van der Waals surface area contributed by atoms with E-state index < -0.39 is 9.84 Å². The van der Waals surface area contributed by atoms with E-state index in [2.05, 4.69) is 29.3 Å². The molecule has 1 saturated heterocycles. The molecule has 0 spiro atoms. The Morgan fingerprint density at radius 1 is 1.06 bits per heavy atom. The van der Waals surface area contributed by atoms with Gasteiger partial charge in [0, 0.05) is 36.1 Å². The molecule has 0 saturated carbocycles. The van der Waals surface area contributed by atoms with Crippen LogP contribution in [0.15, 0.2) is 53.4 Å². The molecule has 1 N–H and O–H groups in total. The van der Waals surface area contributed by atoms with Crippen LogP contribution in [-0.4, -0.2) is 49.0 Å². The van der Waals surface area contributed by atoms with Gasteiger partial charge < -0.3 is 10.2 Å². The summed E-state index contributed by atoms with van der Waals surface area (Å²) in [7, 11) is -3.19. The number of sulfone groups is 1. The summed E-state index contributed by atoms with van der Waals surface area (Å²) in [5, 5.41) is 8.00. The minimum atomic E-state index is -3.19. The molecule has 1 amide bonds. The first-order valence-electron chi connectivity index (χ1n) is 12.4. The van der Waals surface area contributed by atoms with Crippen LogP contribution in [0.1, 0.15) is 53.5 Å². The van der Waals surface area contributed by atoms with Crippen molar-refractivity contribution in [2.24, 2.45) is 0 Å². The van der Waals surface area contributed by atoms with Crippen LogP contribution in [0, 0.1) is 6.92 Å². The number of nitrogens with zero attached hydrogens (tertiary/aromatic N) is 3. The van der Waals surface area contributed by atoms with Crippen LogP contribution in [0.2, 0.25) is 0 Å². The van der Waals surface area contributed by atoms with Crippen molar-refractivity contribution in [3.05, 3.63) is 71.0 Å². The Labute approximate surface area is 207 Å². The van der Waals surface area contributed by atoms with Crippen molar-refractivity contribution in [3.8, 4) is 5.69 Å². The second-order valence-corrected chi connectivity index (χ2v) is 11.7. The van der Waals surface area contributed by atoms with Crippen LogP contribution in [0.3, 0.4) is 0 Å². The average Bonchev–Trinajstić information content (AvgIpc) is 3.48. The lowest BCUT2D eigenvalue weighted by atomic mass is 10.0. The van der Waals surface area contributed by atoms with Crippen LogP contribution >= 0.6 is 0 Å². The molecular weight excluding hydrogens is 460 g/mol. The third-order valence-corrected chi connectivity index (χ3v) is 9.01. The molecule has 1 aliphatic carbocycles. The molecule has 0 unspecified atom stereocenters. The fraction of sp³-hybridized carbons (Fsp3) is 0.407. The van der Waals surface area contributed by atoms with Crippen molar-refractivity contribution in [1.29, 1.82) is 0 Å². The molecule has 8 heteroatoms. The Morgan fingerprint density at radius 2 is 1.77 bits per heavy atom. The molecule has 0 atom stereocenters. The molecule has 1 fully saturated rings.